The second-order valence-corrected chi connectivity index (χ2v) is 5.10. The van der Waals surface area contributed by atoms with Crippen molar-refractivity contribution in [3.05, 3.63) is 23.8 Å². The van der Waals surface area contributed by atoms with Gasteiger partial charge in [-0.3, -0.25) is 4.79 Å². The summed E-state index contributed by atoms with van der Waals surface area (Å²) in [4.78, 5) is 23.5. The lowest BCUT2D eigenvalue weighted by atomic mass is 10.1. The normalized spacial score (nSPS) is 17.4. The summed E-state index contributed by atoms with van der Waals surface area (Å²) in [5.41, 5.74) is 0.0252. The molecule has 132 valence electrons. The Kier molecular flexibility index (Phi) is 5.66. The van der Waals surface area contributed by atoms with Crippen LogP contribution >= 0.6 is 0 Å². The molecule has 1 amide bonds. The first-order valence-corrected chi connectivity index (χ1v) is 7.14. The molecular weight excluding hydrogens is 331 g/mol. The van der Waals surface area contributed by atoms with Crippen molar-refractivity contribution in [2.24, 2.45) is 0 Å². The molecule has 6 nitrogen and oxygen atoms in total. The zero-order chi connectivity index (χ0) is 17.7. The fourth-order valence-corrected chi connectivity index (χ4v) is 2.15. The van der Waals surface area contributed by atoms with Gasteiger partial charge in [0.2, 0.25) is 0 Å². The van der Waals surface area contributed by atoms with Gasteiger partial charge >= 0.3 is 12.1 Å². The van der Waals surface area contributed by atoms with Crippen LogP contribution in [0.15, 0.2) is 18.2 Å². The van der Waals surface area contributed by atoms with Crippen molar-refractivity contribution in [3.63, 3.8) is 0 Å². The van der Waals surface area contributed by atoms with Gasteiger partial charge in [-0.05, 0) is 31.0 Å². The minimum atomic E-state index is -4.56. The van der Waals surface area contributed by atoms with Gasteiger partial charge in [-0.25, -0.2) is 4.79 Å². The van der Waals surface area contributed by atoms with Crippen LogP contribution in [-0.4, -0.2) is 44.5 Å². The number of halogens is 3. The maximum Gasteiger partial charge on any atom is 0.422 e. The number of hydrogen-bond acceptors (Lipinski definition) is 5. The monoisotopic (exact) mass is 347 g/mol. The quantitative estimate of drug-likeness (QED) is 0.829. The highest BCUT2D eigenvalue weighted by Gasteiger charge is 2.30. The number of ether oxygens (including phenoxy) is 3. The number of esters is 1. The summed E-state index contributed by atoms with van der Waals surface area (Å²) >= 11 is 0. The summed E-state index contributed by atoms with van der Waals surface area (Å²) in [6.45, 7) is -1.10. The fraction of sp³-hybridized carbons (Fsp3) is 0.467. The molecule has 1 saturated heterocycles. The second kappa shape index (κ2) is 7.52. The molecule has 1 aromatic carbocycles. The summed E-state index contributed by atoms with van der Waals surface area (Å²) in [5, 5.41) is 2.46. The summed E-state index contributed by atoms with van der Waals surface area (Å²) in [5.74, 6) is -1.49. The van der Waals surface area contributed by atoms with E-state index in [1.807, 2.05) is 0 Å². The summed E-state index contributed by atoms with van der Waals surface area (Å²) in [6, 6.07) is 3.69. The van der Waals surface area contributed by atoms with Crippen LogP contribution in [0, 0.1) is 0 Å². The molecule has 0 saturated carbocycles. The number of anilines is 1. The van der Waals surface area contributed by atoms with Crippen LogP contribution < -0.4 is 10.1 Å². The lowest BCUT2D eigenvalue weighted by Gasteiger charge is -2.16. The van der Waals surface area contributed by atoms with Crippen molar-refractivity contribution in [3.8, 4) is 5.75 Å². The van der Waals surface area contributed by atoms with Crippen molar-refractivity contribution in [2.75, 3.05) is 25.6 Å². The van der Waals surface area contributed by atoms with E-state index in [4.69, 9.17) is 9.47 Å². The van der Waals surface area contributed by atoms with E-state index in [1.54, 1.807) is 0 Å². The maximum absolute atomic E-state index is 12.4. The molecule has 1 aliphatic heterocycles. The van der Waals surface area contributed by atoms with E-state index in [2.05, 4.69) is 10.1 Å². The Morgan fingerprint density at radius 3 is 2.71 bits per heavy atom. The lowest BCUT2D eigenvalue weighted by molar-refractivity contribution is -0.153. The average Bonchev–Trinajstić information content (AvgIpc) is 3.06. The van der Waals surface area contributed by atoms with Crippen LogP contribution in [0.4, 0.5) is 18.9 Å². The molecule has 1 heterocycles. The van der Waals surface area contributed by atoms with E-state index in [0.29, 0.717) is 13.0 Å². The van der Waals surface area contributed by atoms with Crippen LogP contribution in [-0.2, 0) is 14.3 Å². The van der Waals surface area contributed by atoms with Crippen molar-refractivity contribution in [2.45, 2.75) is 25.1 Å². The molecule has 1 aromatic rings. The van der Waals surface area contributed by atoms with Gasteiger partial charge in [-0.15, -0.1) is 0 Å². The molecule has 0 unspecified atom stereocenters. The van der Waals surface area contributed by atoms with Crippen molar-refractivity contribution in [1.82, 2.24) is 0 Å². The van der Waals surface area contributed by atoms with Crippen LogP contribution in [0.5, 0.6) is 5.75 Å². The van der Waals surface area contributed by atoms with Crippen LogP contribution in [0.1, 0.15) is 23.2 Å². The molecule has 0 radical (unpaired) electrons. The number of alkyl halides is 3. The Morgan fingerprint density at radius 2 is 2.12 bits per heavy atom. The first-order valence-electron chi connectivity index (χ1n) is 7.14. The lowest BCUT2D eigenvalue weighted by Crippen LogP contribution is -2.27. The predicted octanol–water partition coefficient (Wildman–Crippen LogP) is 2.53. The SMILES string of the molecule is COC(=O)c1ccc(NC(=O)[C@@H]2CCCO2)c(OCC(F)(F)F)c1. The minimum absolute atomic E-state index is 0.00444. The molecule has 2 rings (SSSR count). The average molecular weight is 347 g/mol. The Bertz CT molecular complexity index is 612. The molecule has 0 bridgehead atoms. The summed E-state index contributed by atoms with van der Waals surface area (Å²) < 4.78 is 51.6. The smallest absolute Gasteiger partial charge is 0.422 e. The molecular formula is C15H16F3NO5. The molecule has 24 heavy (non-hydrogen) atoms. The topological polar surface area (TPSA) is 73.9 Å². The zero-order valence-corrected chi connectivity index (χ0v) is 12.8. The molecule has 1 aliphatic rings. The Hall–Kier alpha value is -2.29. The third-order valence-electron chi connectivity index (χ3n) is 3.27. The highest BCUT2D eigenvalue weighted by atomic mass is 19.4. The van der Waals surface area contributed by atoms with E-state index in [0.717, 1.165) is 19.6 Å². The van der Waals surface area contributed by atoms with Gasteiger partial charge in [-0.1, -0.05) is 0 Å². The largest absolute Gasteiger partial charge is 0.482 e. The standard InChI is InChI=1S/C15H16F3NO5/c1-22-14(21)9-4-5-10(12(7-9)24-8-15(16,17)18)19-13(20)11-3-2-6-23-11/h4-5,7,11H,2-3,6,8H2,1H3,(H,19,20)/t11-/m0/s1. The Morgan fingerprint density at radius 1 is 1.38 bits per heavy atom. The molecule has 1 N–H and O–H groups in total. The second-order valence-electron chi connectivity index (χ2n) is 5.10. The van der Waals surface area contributed by atoms with Gasteiger partial charge in [0.25, 0.3) is 5.91 Å². The van der Waals surface area contributed by atoms with Gasteiger partial charge in [0.1, 0.15) is 11.9 Å². The molecule has 0 spiro atoms. The van der Waals surface area contributed by atoms with Crippen LogP contribution in [0.2, 0.25) is 0 Å². The van der Waals surface area contributed by atoms with Gasteiger partial charge in [-0.2, -0.15) is 13.2 Å². The van der Waals surface area contributed by atoms with Gasteiger partial charge in [0, 0.05) is 6.61 Å². The molecule has 1 fully saturated rings. The van der Waals surface area contributed by atoms with Gasteiger partial charge in [0.05, 0.1) is 18.4 Å². The number of carbonyl (C=O) groups excluding carboxylic acids is 2. The van der Waals surface area contributed by atoms with Gasteiger partial charge in [0.15, 0.2) is 6.61 Å². The summed E-state index contributed by atoms with van der Waals surface area (Å²) in [7, 11) is 1.14. The number of carbonyl (C=O) groups is 2. The van der Waals surface area contributed by atoms with E-state index < -0.39 is 30.8 Å². The van der Waals surface area contributed by atoms with E-state index in [1.165, 1.54) is 12.1 Å². The highest BCUT2D eigenvalue weighted by Crippen LogP contribution is 2.29. The number of nitrogens with one attached hydrogen (secondary N) is 1. The first-order chi connectivity index (χ1) is 11.3. The number of benzene rings is 1. The molecule has 0 aliphatic carbocycles. The van der Waals surface area contributed by atoms with E-state index in [9.17, 15) is 22.8 Å². The third kappa shape index (κ3) is 4.85. The fourth-order valence-electron chi connectivity index (χ4n) is 2.15. The Balaban J connectivity index is 2.20. The first kappa shape index (κ1) is 18.1. The third-order valence-corrected chi connectivity index (χ3v) is 3.27. The highest BCUT2D eigenvalue weighted by molar-refractivity contribution is 5.97. The number of rotatable bonds is 5. The van der Waals surface area contributed by atoms with E-state index >= 15 is 0 Å². The molecule has 0 aromatic heterocycles. The Labute approximate surface area is 135 Å². The van der Waals surface area contributed by atoms with Crippen molar-refractivity contribution >= 4 is 17.6 Å². The van der Waals surface area contributed by atoms with Crippen LogP contribution in [0.25, 0.3) is 0 Å². The van der Waals surface area contributed by atoms with E-state index in [-0.39, 0.29) is 17.0 Å². The number of amides is 1. The maximum atomic E-state index is 12.4. The summed E-state index contributed by atoms with van der Waals surface area (Å²) in [6.07, 6.45) is -3.95. The van der Waals surface area contributed by atoms with Crippen molar-refractivity contribution in [1.29, 1.82) is 0 Å². The molecule has 1 atom stereocenters. The van der Waals surface area contributed by atoms with Gasteiger partial charge < -0.3 is 19.5 Å². The zero-order valence-electron chi connectivity index (χ0n) is 12.8. The van der Waals surface area contributed by atoms with Crippen LogP contribution in [0.3, 0.4) is 0 Å². The minimum Gasteiger partial charge on any atom is -0.482 e. The number of hydrogen-bond donors (Lipinski definition) is 1. The number of methoxy groups -OCH3 is 1. The molecule has 9 heteroatoms. The van der Waals surface area contributed by atoms with Crippen molar-refractivity contribution < 1.29 is 37.0 Å². The predicted molar refractivity (Wildman–Crippen MR) is 76.9 cm³/mol.